The highest BCUT2D eigenvalue weighted by molar-refractivity contribution is 5.77. The number of nitrogens with one attached hydrogen (secondary N) is 1. The molecule has 1 amide bonds. The molecule has 0 aliphatic heterocycles. The average Bonchev–Trinajstić information content (AvgIpc) is 3.31. The van der Waals surface area contributed by atoms with E-state index >= 15 is 0 Å². The molecular weight excluding hydrogens is 815 g/mol. The van der Waals surface area contributed by atoms with Crippen molar-refractivity contribution in [1.82, 2.24) is 5.32 Å². The van der Waals surface area contributed by atoms with E-state index < -0.39 is 18.2 Å². The van der Waals surface area contributed by atoms with E-state index in [2.05, 4.69) is 50.4 Å². The third-order valence-corrected chi connectivity index (χ3v) is 13.8. The normalized spacial score (nSPS) is 13.2. The van der Waals surface area contributed by atoms with Crippen LogP contribution in [0.5, 0.6) is 0 Å². The SMILES string of the molecule is CCCCCCCCC/C=C/C=C/CCCCCCCC(=O)OC(CCCCCCCCCCCCCCCCC)CC(=O)NC(CO)C(O)CCCCCCCCCCCCCCCC. The molecule has 0 aromatic carbocycles. The number of esters is 1. The zero-order chi connectivity index (χ0) is 48.1. The number of hydrogen-bond acceptors (Lipinski definition) is 5. The van der Waals surface area contributed by atoms with Crippen molar-refractivity contribution in [3.63, 3.8) is 0 Å². The van der Waals surface area contributed by atoms with Gasteiger partial charge in [-0.2, -0.15) is 0 Å². The Hall–Kier alpha value is -1.66. The number of carbonyl (C=O) groups is 2. The second-order valence-electron chi connectivity index (χ2n) is 20.4. The van der Waals surface area contributed by atoms with Crippen molar-refractivity contribution in [2.75, 3.05) is 6.61 Å². The summed E-state index contributed by atoms with van der Waals surface area (Å²) in [7, 11) is 0. The molecule has 0 heterocycles. The third-order valence-electron chi connectivity index (χ3n) is 13.8. The Kier molecular flexibility index (Phi) is 52.9. The Morgan fingerprint density at radius 2 is 0.758 bits per heavy atom. The standard InChI is InChI=1S/C60H115NO5/c1-4-7-10-13-16-19-22-25-28-29-30-32-35-38-41-44-47-50-53-60(65)66-56(51-48-45-42-39-36-33-31-26-23-20-17-14-11-8-5-2)54-59(64)61-57(55-62)58(63)52-49-46-43-40-37-34-27-24-21-18-15-12-9-6-3/h28-30,32,56-58,62-63H,4-27,31,33-55H2,1-3H3,(H,61,64)/b29-28+,32-30+. The molecule has 3 N–H and O–H groups in total. The Bertz CT molecular complexity index is 1040. The summed E-state index contributed by atoms with van der Waals surface area (Å²) in [6, 6.07) is -0.701. The molecule has 390 valence electrons. The lowest BCUT2D eigenvalue weighted by molar-refractivity contribution is -0.151. The van der Waals surface area contributed by atoms with Crippen LogP contribution in [0.2, 0.25) is 0 Å². The monoisotopic (exact) mass is 930 g/mol. The van der Waals surface area contributed by atoms with Crippen LogP contribution in [0.15, 0.2) is 24.3 Å². The van der Waals surface area contributed by atoms with Gasteiger partial charge in [-0.05, 0) is 51.4 Å². The van der Waals surface area contributed by atoms with Gasteiger partial charge in [0.1, 0.15) is 6.10 Å². The maximum absolute atomic E-state index is 13.3. The highest BCUT2D eigenvalue weighted by Crippen LogP contribution is 2.19. The van der Waals surface area contributed by atoms with E-state index in [1.807, 2.05) is 0 Å². The summed E-state index contributed by atoms with van der Waals surface area (Å²) >= 11 is 0. The van der Waals surface area contributed by atoms with Gasteiger partial charge in [0.25, 0.3) is 0 Å². The molecule has 0 aliphatic rings. The van der Waals surface area contributed by atoms with Crippen LogP contribution in [0.4, 0.5) is 0 Å². The van der Waals surface area contributed by atoms with Gasteiger partial charge in [-0.25, -0.2) is 0 Å². The number of rotatable bonds is 54. The molecule has 66 heavy (non-hydrogen) atoms. The molecule has 0 saturated carbocycles. The van der Waals surface area contributed by atoms with E-state index in [-0.39, 0.29) is 24.9 Å². The van der Waals surface area contributed by atoms with Crippen molar-refractivity contribution < 1.29 is 24.5 Å². The van der Waals surface area contributed by atoms with Crippen molar-refractivity contribution >= 4 is 11.9 Å². The molecular formula is C60H115NO5. The van der Waals surface area contributed by atoms with Crippen molar-refractivity contribution in [2.24, 2.45) is 0 Å². The van der Waals surface area contributed by atoms with E-state index in [0.717, 1.165) is 51.4 Å². The highest BCUT2D eigenvalue weighted by Gasteiger charge is 2.24. The predicted molar refractivity (Wildman–Crippen MR) is 287 cm³/mol. The van der Waals surface area contributed by atoms with Crippen LogP contribution in [0.3, 0.4) is 0 Å². The maximum Gasteiger partial charge on any atom is 0.306 e. The number of aliphatic hydroxyl groups excluding tert-OH is 2. The molecule has 0 radical (unpaired) electrons. The number of ether oxygens (including phenoxy) is 1. The molecule has 6 heteroatoms. The number of unbranched alkanes of at least 4 members (excludes halogenated alkanes) is 39. The second kappa shape index (κ2) is 54.3. The number of carbonyl (C=O) groups excluding carboxylic acids is 2. The zero-order valence-electron chi connectivity index (χ0n) is 44.6. The van der Waals surface area contributed by atoms with Crippen LogP contribution < -0.4 is 5.32 Å². The quantitative estimate of drug-likeness (QED) is 0.0321. The van der Waals surface area contributed by atoms with E-state index in [0.29, 0.717) is 19.3 Å². The van der Waals surface area contributed by atoms with Crippen LogP contribution in [0.25, 0.3) is 0 Å². The van der Waals surface area contributed by atoms with Gasteiger partial charge in [0.05, 0.1) is 25.2 Å². The van der Waals surface area contributed by atoms with Crippen molar-refractivity contribution in [2.45, 2.75) is 341 Å². The molecule has 0 spiro atoms. The predicted octanol–water partition coefficient (Wildman–Crippen LogP) is 18.2. The Morgan fingerprint density at radius 3 is 1.12 bits per heavy atom. The lowest BCUT2D eigenvalue weighted by Gasteiger charge is -2.24. The average molecular weight is 931 g/mol. The minimum atomic E-state index is -0.787. The van der Waals surface area contributed by atoms with Crippen LogP contribution in [-0.4, -0.2) is 46.9 Å². The fourth-order valence-corrected chi connectivity index (χ4v) is 9.31. The number of hydrogen-bond donors (Lipinski definition) is 3. The summed E-state index contributed by atoms with van der Waals surface area (Å²) < 4.78 is 5.97. The molecule has 3 unspecified atom stereocenters. The molecule has 0 saturated heterocycles. The van der Waals surface area contributed by atoms with E-state index in [1.54, 1.807) is 0 Å². The first-order chi connectivity index (χ1) is 32.5. The molecule has 0 aliphatic carbocycles. The summed E-state index contributed by atoms with van der Waals surface area (Å²) in [5, 5.41) is 23.9. The lowest BCUT2D eigenvalue weighted by atomic mass is 10.0. The minimum Gasteiger partial charge on any atom is -0.462 e. The lowest BCUT2D eigenvalue weighted by Crippen LogP contribution is -2.46. The van der Waals surface area contributed by atoms with Crippen molar-refractivity contribution in [3.05, 3.63) is 24.3 Å². The summed E-state index contributed by atoms with van der Waals surface area (Å²) in [6.45, 7) is 6.52. The summed E-state index contributed by atoms with van der Waals surface area (Å²) in [5.74, 6) is -0.470. The molecule has 0 fully saturated rings. The van der Waals surface area contributed by atoms with Gasteiger partial charge in [-0.3, -0.25) is 9.59 Å². The largest absolute Gasteiger partial charge is 0.462 e. The molecule has 6 nitrogen and oxygen atoms in total. The highest BCUT2D eigenvalue weighted by atomic mass is 16.5. The Labute approximate surface area is 411 Å². The smallest absolute Gasteiger partial charge is 0.306 e. The van der Waals surface area contributed by atoms with Gasteiger partial charge in [-0.1, -0.05) is 283 Å². The number of allylic oxidation sites excluding steroid dienone is 4. The number of amides is 1. The van der Waals surface area contributed by atoms with Crippen LogP contribution in [0, 0.1) is 0 Å². The van der Waals surface area contributed by atoms with Gasteiger partial charge in [0, 0.05) is 6.42 Å². The van der Waals surface area contributed by atoms with Gasteiger partial charge in [0.15, 0.2) is 0 Å². The van der Waals surface area contributed by atoms with E-state index in [4.69, 9.17) is 4.74 Å². The van der Waals surface area contributed by atoms with Crippen LogP contribution in [-0.2, 0) is 14.3 Å². The van der Waals surface area contributed by atoms with Gasteiger partial charge < -0.3 is 20.3 Å². The molecule has 0 aromatic rings. The molecule has 0 rings (SSSR count). The molecule has 3 atom stereocenters. The van der Waals surface area contributed by atoms with Gasteiger partial charge in [-0.15, -0.1) is 0 Å². The second-order valence-corrected chi connectivity index (χ2v) is 20.4. The first-order valence-corrected chi connectivity index (χ1v) is 29.6. The van der Waals surface area contributed by atoms with Crippen LogP contribution in [0.1, 0.15) is 323 Å². The van der Waals surface area contributed by atoms with Crippen molar-refractivity contribution in [1.29, 1.82) is 0 Å². The Morgan fingerprint density at radius 1 is 0.439 bits per heavy atom. The summed E-state index contributed by atoms with van der Waals surface area (Å²) in [5.41, 5.74) is 0. The topological polar surface area (TPSA) is 95.9 Å². The third kappa shape index (κ3) is 48.8. The molecule has 0 bridgehead atoms. The van der Waals surface area contributed by atoms with Crippen molar-refractivity contribution in [3.8, 4) is 0 Å². The fourth-order valence-electron chi connectivity index (χ4n) is 9.31. The summed E-state index contributed by atoms with van der Waals surface area (Å²) in [6.07, 6.45) is 63.8. The number of aliphatic hydroxyl groups is 2. The van der Waals surface area contributed by atoms with E-state index in [9.17, 15) is 19.8 Å². The van der Waals surface area contributed by atoms with Crippen LogP contribution >= 0.6 is 0 Å². The first kappa shape index (κ1) is 64.3. The maximum atomic E-state index is 13.3. The fraction of sp³-hybridized carbons (Fsp3) is 0.900. The minimum absolute atomic E-state index is 0.0776. The Balaban J connectivity index is 4.54. The van der Waals surface area contributed by atoms with E-state index in [1.165, 1.54) is 225 Å². The summed E-state index contributed by atoms with van der Waals surface area (Å²) in [4.78, 5) is 26.3. The zero-order valence-corrected chi connectivity index (χ0v) is 44.6. The molecule has 0 aromatic heterocycles. The first-order valence-electron chi connectivity index (χ1n) is 29.6. The van der Waals surface area contributed by atoms with Gasteiger partial charge >= 0.3 is 5.97 Å². The van der Waals surface area contributed by atoms with Gasteiger partial charge in [0.2, 0.25) is 5.91 Å².